The maximum Gasteiger partial charge on any atom is 0.233 e. The fraction of sp³-hybridized carbons (Fsp3) is 0.408. The second-order valence-electron chi connectivity index (χ2n) is 23.9. The summed E-state index contributed by atoms with van der Waals surface area (Å²) < 4.78 is 26.3. The number of fused-ring (bicyclic) bond motifs is 9. The maximum atomic E-state index is 5.31. The Hall–Kier alpha value is -11.3. The van der Waals surface area contributed by atoms with Gasteiger partial charge in [0.1, 0.15) is 28.3 Å². The molecular formula is C98H146N18O3S2. The van der Waals surface area contributed by atoms with Crippen LogP contribution in [0, 0.1) is 111 Å². The molecule has 0 amide bonds. The van der Waals surface area contributed by atoms with Crippen LogP contribution in [0.4, 0.5) is 0 Å². The van der Waals surface area contributed by atoms with Crippen molar-refractivity contribution >= 4 is 110 Å². The summed E-state index contributed by atoms with van der Waals surface area (Å²) >= 11 is 3.44. The van der Waals surface area contributed by atoms with Crippen molar-refractivity contribution in [2.24, 2.45) is 14.1 Å². The summed E-state index contributed by atoms with van der Waals surface area (Å²) in [5.41, 5.74) is 22.3. The van der Waals surface area contributed by atoms with E-state index in [4.69, 9.17) is 13.3 Å². The Morgan fingerprint density at radius 2 is 0.736 bits per heavy atom. The van der Waals surface area contributed by atoms with E-state index in [2.05, 4.69) is 150 Å². The Morgan fingerprint density at radius 1 is 0.281 bits per heavy atom. The van der Waals surface area contributed by atoms with Crippen LogP contribution in [-0.2, 0) is 14.1 Å². The Kier molecular flexibility index (Phi) is 58.0. The molecule has 18 rings (SSSR count). The van der Waals surface area contributed by atoms with Crippen molar-refractivity contribution in [3.05, 3.63) is 249 Å². The number of pyridine rings is 5. The van der Waals surface area contributed by atoms with E-state index in [9.17, 15) is 0 Å². The van der Waals surface area contributed by atoms with Crippen LogP contribution >= 0.6 is 22.7 Å². The smallest absolute Gasteiger partial charge is 0.233 e. The van der Waals surface area contributed by atoms with Crippen LogP contribution in [0.1, 0.15) is 242 Å². The number of thiazole rings is 2. The third-order valence-electron chi connectivity index (χ3n) is 15.1. The highest BCUT2D eigenvalue weighted by molar-refractivity contribution is 7.18. The largest absolute Gasteiger partial charge is 0.441 e. The van der Waals surface area contributed by atoms with Gasteiger partial charge in [-0.25, -0.2) is 59.8 Å². The van der Waals surface area contributed by atoms with Crippen LogP contribution in [0.3, 0.4) is 0 Å². The first kappa shape index (κ1) is 112. The minimum atomic E-state index is 0.665. The fourth-order valence-electron chi connectivity index (χ4n) is 9.98. The lowest BCUT2D eigenvalue weighted by Gasteiger charge is -1.95. The van der Waals surface area contributed by atoms with Gasteiger partial charge in [-0.05, 0) is 214 Å². The molecule has 15 heterocycles. The summed E-state index contributed by atoms with van der Waals surface area (Å²) in [6, 6.07) is 36.6. The number of hydrogen-bond acceptors (Lipinski definition) is 19. The van der Waals surface area contributed by atoms with Gasteiger partial charge in [0.25, 0.3) is 0 Å². The predicted molar refractivity (Wildman–Crippen MR) is 523 cm³/mol. The van der Waals surface area contributed by atoms with Gasteiger partial charge in [-0.1, -0.05) is 171 Å². The van der Waals surface area contributed by atoms with Crippen LogP contribution in [0.25, 0.3) is 87.7 Å². The van der Waals surface area contributed by atoms with Crippen molar-refractivity contribution in [2.45, 2.75) is 263 Å². The van der Waals surface area contributed by atoms with Gasteiger partial charge in [-0.15, -0.1) is 22.7 Å². The first-order valence-corrected chi connectivity index (χ1v) is 44.6. The molecule has 15 aromatic heterocycles. The molecule has 0 fully saturated rings. The van der Waals surface area contributed by atoms with E-state index in [1.807, 2.05) is 355 Å². The Morgan fingerprint density at radius 3 is 1.37 bits per heavy atom. The molecule has 0 radical (unpaired) electrons. The second kappa shape index (κ2) is 62.8. The Labute approximate surface area is 732 Å². The summed E-state index contributed by atoms with van der Waals surface area (Å²) in [4.78, 5) is 59.1. The van der Waals surface area contributed by atoms with Crippen LogP contribution in [0.2, 0.25) is 0 Å². The molecule has 0 saturated carbocycles. The topological polar surface area (TPSA) is 239 Å². The lowest BCUT2D eigenvalue weighted by molar-refractivity contribution is 0.560. The summed E-state index contributed by atoms with van der Waals surface area (Å²) in [5, 5.41) is 2.23. The van der Waals surface area contributed by atoms with Crippen molar-refractivity contribution in [1.29, 1.82) is 0 Å². The van der Waals surface area contributed by atoms with Crippen LogP contribution in [0.15, 0.2) is 172 Å². The summed E-state index contributed by atoms with van der Waals surface area (Å²) in [6.45, 7) is 75.7. The molecule has 0 atom stereocenters. The molecule has 658 valence electrons. The molecule has 23 heteroatoms. The average Bonchev–Trinajstić information content (AvgIpc) is 1.86. The van der Waals surface area contributed by atoms with Crippen LogP contribution < -0.4 is 0 Å². The number of nitrogens with zero attached hydrogens (tertiary/aromatic N) is 18. The lowest BCUT2D eigenvalue weighted by Crippen LogP contribution is -1.92. The molecule has 0 spiro atoms. The van der Waals surface area contributed by atoms with E-state index < -0.39 is 0 Å². The number of aromatic nitrogens is 18. The first-order valence-electron chi connectivity index (χ1n) is 43.0. The number of rotatable bonds is 0. The number of aryl methyl sites for hydroxylation is 18. The standard InChI is InChI=1S/C10H12N2.C9H11N3.C9H9NO.C9H9NS.2C8H8N2O.C8H8N2S.C8H8N2.C7H7N3.11C2H6/c1-7-4-5-10-9(6-7)11-8(2)12(10)3;1-6-4-5-8-9(10-6)12(3)7(2)11-8;2*1-6-3-4-9-8(5-6)10-7(2)11-9;1-5-3-7-8(9-4-5)10-6(2)11-7;1-5-3-4-7-8(9-5)10-6(2)11-7;1-5-3-7-8(9-4-5)10-6(2)11-7;1-7-2-4-10-5-3-9-8(10)6-7;1-6-2-4-10-5-3-8-7(10)9-6;11*1-2/h4-6H,1-3H3;4-5H,1-3H3;2*3-5H,1-2H3;3*3-4H,1-2H3;2-6H,1H3;2-5H,1H3;11*1-2H3. The zero-order valence-corrected chi connectivity index (χ0v) is 82.7. The Bertz CT molecular complexity index is 5230. The fourth-order valence-corrected chi connectivity index (χ4v) is 11.7. The van der Waals surface area contributed by atoms with E-state index in [0.29, 0.717) is 23.1 Å². The quantitative estimate of drug-likeness (QED) is 0.137. The molecule has 0 aliphatic carbocycles. The number of benzene rings is 3. The molecule has 0 unspecified atom stereocenters. The molecule has 3 aromatic carbocycles. The van der Waals surface area contributed by atoms with Gasteiger partial charge in [0.15, 0.2) is 57.0 Å². The van der Waals surface area contributed by atoms with Crippen molar-refractivity contribution < 1.29 is 13.3 Å². The zero-order chi connectivity index (χ0) is 92.6. The average molecular weight is 1690 g/mol. The van der Waals surface area contributed by atoms with Gasteiger partial charge in [0.05, 0.1) is 36.0 Å². The highest BCUT2D eigenvalue weighted by atomic mass is 32.1. The van der Waals surface area contributed by atoms with Gasteiger partial charge in [-0.2, -0.15) is 9.97 Å². The first-order chi connectivity index (χ1) is 58.4. The van der Waals surface area contributed by atoms with Gasteiger partial charge < -0.3 is 26.8 Å². The molecule has 0 aliphatic rings. The molecule has 0 bridgehead atoms. The SMILES string of the molecule is CC.CC.CC.CC.CC.CC.CC.CC.CC.CC.CC.Cc1ccc2c(c1)nc(C)n2C.Cc1ccc2nc(C)n(C)c2n1.Cc1ccc2oc(C)nc2c1.Cc1ccc2oc(C)nc2n1.Cc1ccc2sc(C)nc2c1.Cc1ccn2ccnc2c1.Cc1ccn2ccnc2n1.Cc1cnc2nc(C)oc2c1.Cc1cnc2nc(C)sc2c1. The molecule has 0 N–H and O–H groups in total. The van der Waals surface area contributed by atoms with Crippen LogP contribution in [0.5, 0.6) is 0 Å². The van der Waals surface area contributed by atoms with E-state index in [1.54, 1.807) is 41.3 Å². The van der Waals surface area contributed by atoms with E-state index >= 15 is 0 Å². The molecule has 121 heavy (non-hydrogen) atoms. The summed E-state index contributed by atoms with van der Waals surface area (Å²) in [5.74, 6) is 4.89. The number of hydrogen-bond donors (Lipinski definition) is 0. The predicted octanol–water partition coefficient (Wildman–Crippen LogP) is 29.1. The molecule has 21 nitrogen and oxygen atoms in total. The highest BCUT2D eigenvalue weighted by Crippen LogP contribution is 2.24. The normalized spacial score (nSPS) is 9.32. The molecule has 0 aliphatic heterocycles. The third kappa shape index (κ3) is 37.5. The molecule has 0 saturated heterocycles. The van der Waals surface area contributed by atoms with Crippen LogP contribution in [-0.4, -0.2) is 87.7 Å². The van der Waals surface area contributed by atoms with Crippen molar-refractivity contribution in [3.8, 4) is 0 Å². The molecule has 18 aromatic rings. The van der Waals surface area contributed by atoms with E-state index in [-0.39, 0.29) is 0 Å². The van der Waals surface area contributed by atoms with Gasteiger partial charge in [0.2, 0.25) is 5.78 Å². The third-order valence-corrected chi connectivity index (χ3v) is 16.9. The zero-order valence-electron chi connectivity index (χ0n) is 81.1. The monoisotopic (exact) mass is 1690 g/mol. The highest BCUT2D eigenvalue weighted by Gasteiger charge is 2.08. The maximum absolute atomic E-state index is 5.31. The minimum Gasteiger partial charge on any atom is -0.441 e. The van der Waals surface area contributed by atoms with Gasteiger partial charge in [0, 0.05) is 102 Å². The van der Waals surface area contributed by atoms with Crippen molar-refractivity contribution in [3.63, 3.8) is 0 Å². The van der Waals surface area contributed by atoms with E-state index in [1.165, 1.54) is 42.7 Å². The van der Waals surface area contributed by atoms with Gasteiger partial charge >= 0.3 is 0 Å². The lowest BCUT2D eigenvalue weighted by atomic mass is 10.2. The van der Waals surface area contributed by atoms with Gasteiger partial charge in [-0.3, -0.25) is 4.40 Å². The second-order valence-corrected chi connectivity index (χ2v) is 26.3. The molecular weight excluding hydrogens is 1540 g/mol. The Balaban J connectivity index is 0. The van der Waals surface area contributed by atoms with Crippen molar-refractivity contribution in [1.82, 2.24) is 87.7 Å². The summed E-state index contributed by atoms with van der Waals surface area (Å²) in [7, 11) is 4.02. The number of oxazole rings is 3. The summed E-state index contributed by atoms with van der Waals surface area (Å²) in [6.07, 6.45) is 14.9. The minimum absolute atomic E-state index is 0.665. The van der Waals surface area contributed by atoms with E-state index in [0.717, 1.165) is 112 Å². The number of imidazole rings is 4. The van der Waals surface area contributed by atoms with Crippen molar-refractivity contribution in [2.75, 3.05) is 0 Å².